The van der Waals surface area contributed by atoms with Crippen molar-refractivity contribution in [1.29, 1.82) is 0 Å². The van der Waals surface area contributed by atoms with E-state index in [0.717, 1.165) is 32.1 Å². The topological polar surface area (TPSA) is 46.2 Å². The number of carbonyl (C=O) groups is 2. The molecule has 0 aromatic heterocycles. The molecule has 0 aromatic rings. The monoisotopic (exact) mass is 335 g/mol. The minimum Gasteiger partial charge on any atom is -0.349 e. The van der Waals surface area contributed by atoms with Crippen molar-refractivity contribution < 1.29 is 9.59 Å². The molecule has 1 aliphatic heterocycles. The molecule has 23 heavy (non-hydrogen) atoms. The number of hydrogen-bond acceptors (Lipinski definition) is 2. The molecule has 4 rings (SSSR count). The van der Waals surface area contributed by atoms with Crippen LogP contribution in [0.5, 0.6) is 0 Å². The van der Waals surface area contributed by atoms with Crippen molar-refractivity contribution in [3.63, 3.8) is 0 Å². The van der Waals surface area contributed by atoms with Gasteiger partial charge in [-0.3, -0.25) is 9.59 Å². The van der Waals surface area contributed by atoms with Crippen molar-refractivity contribution in [3.05, 3.63) is 12.2 Å². The molecule has 4 heteroatoms. The SMILES string of the molecule is C[C@]12CCC3C(CC[C@H]4NC(=O)C=C[C@]34C)C1CCC2C(=O)Cl. The Morgan fingerprint density at radius 2 is 1.96 bits per heavy atom. The van der Waals surface area contributed by atoms with Gasteiger partial charge in [-0.15, -0.1) is 0 Å². The number of halogens is 1. The molecular weight excluding hydrogens is 310 g/mol. The average Bonchev–Trinajstić information content (AvgIpc) is 2.85. The number of nitrogens with one attached hydrogen (secondary N) is 1. The van der Waals surface area contributed by atoms with Gasteiger partial charge in [0.25, 0.3) is 0 Å². The lowest BCUT2D eigenvalue weighted by Gasteiger charge is -2.58. The molecule has 1 N–H and O–H groups in total. The summed E-state index contributed by atoms with van der Waals surface area (Å²) in [5, 5.41) is 3.06. The van der Waals surface area contributed by atoms with Crippen LogP contribution in [0.15, 0.2) is 12.2 Å². The fourth-order valence-electron chi connectivity index (χ4n) is 6.71. The van der Waals surface area contributed by atoms with Crippen LogP contribution in [0.3, 0.4) is 0 Å². The predicted molar refractivity (Wildman–Crippen MR) is 89.8 cm³/mol. The Kier molecular flexibility index (Phi) is 3.46. The number of fused-ring (bicyclic) bond motifs is 5. The first-order valence-corrected chi connectivity index (χ1v) is 9.43. The van der Waals surface area contributed by atoms with E-state index in [2.05, 4.69) is 25.2 Å². The van der Waals surface area contributed by atoms with Gasteiger partial charge in [-0.2, -0.15) is 0 Å². The van der Waals surface area contributed by atoms with Crippen LogP contribution >= 0.6 is 11.6 Å². The lowest BCUT2D eigenvalue weighted by Crippen LogP contribution is -2.59. The first-order chi connectivity index (χ1) is 10.9. The van der Waals surface area contributed by atoms with Crippen LogP contribution < -0.4 is 5.32 Å². The van der Waals surface area contributed by atoms with Crippen LogP contribution in [0.1, 0.15) is 52.4 Å². The van der Waals surface area contributed by atoms with E-state index in [0.29, 0.717) is 17.8 Å². The molecule has 3 saturated carbocycles. The Bertz CT molecular complexity index is 588. The van der Waals surface area contributed by atoms with E-state index < -0.39 is 0 Å². The van der Waals surface area contributed by atoms with Crippen LogP contribution in [0.25, 0.3) is 0 Å². The molecule has 1 heterocycles. The standard InChI is InChI=1S/C19H26ClNO2/c1-18-9-7-13-11(12(18)4-5-14(18)17(20)23)3-6-15-19(13,2)10-8-16(22)21-15/h8,10-15H,3-7,9H2,1-2H3,(H,21,22)/t11?,12?,13?,14?,15-,18+,19-/m1/s1. The molecule has 4 aliphatic rings. The van der Waals surface area contributed by atoms with E-state index in [-0.39, 0.29) is 33.9 Å². The second-order valence-corrected chi connectivity index (χ2v) is 9.07. The average molecular weight is 336 g/mol. The fourth-order valence-corrected chi connectivity index (χ4v) is 7.06. The quantitative estimate of drug-likeness (QED) is 0.743. The summed E-state index contributed by atoms with van der Waals surface area (Å²) in [4.78, 5) is 23.6. The van der Waals surface area contributed by atoms with Gasteiger partial charge < -0.3 is 5.32 Å². The van der Waals surface area contributed by atoms with Crippen molar-refractivity contribution >= 4 is 22.8 Å². The van der Waals surface area contributed by atoms with Gasteiger partial charge in [-0.1, -0.05) is 19.9 Å². The van der Waals surface area contributed by atoms with E-state index in [1.807, 2.05) is 0 Å². The van der Waals surface area contributed by atoms with Gasteiger partial charge >= 0.3 is 0 Å². The molecule has 0 spiro atoms. The molecule has 3 fully saturated rings. The summed E-state index contributed by atoms with van der Waals surface area (Å²) < 4.78 is 0. The van der Waals surface area contributed by atoms with Crippen LogP contribution in [-0.4, -0.2) is 17.2 Å². The molecule has 0 aromatic carbocycles. The number of rotatable bonds is 1. The van der Waals surface area contributed by atoms with Crippen LogP contribution in [0, 0.1) is 34.5 Å². The Labute approximate surface area is 143 Å². The normalized spacial score (nSPS) is 51.4. The van der Waals surface area contributed by atoms with Crippen LogP contribution in [-0.2, 0) is 9.59 Å². The highest BCUT2D eigenvalue weighted by atomic mass is 35.5. The highest BCUT2D eigenvalue weighted by molar-refractivity contribution is 6.64. The molecule has 3 nitrogen and oxygen atoms in total. The zero-order chi connectivity index (χ0) is 16.4. The molecule has 0 saturated heterocycles. The Morgan fingerprint density at radius 3 is 2.70 bits per heavy atom. The van der Waals surface area contributed by atoms with Gasteiger partial charge in [0.2, 0.25) is 11.1 Å². The second kappa shape index (κ2) is 5.08. The zero-order valence-corrected chi connectivity index (χ0v) is 14.7. The second-order valence-electron chi connectivity index (χ2n) is 8.69. The molecule has 0 bridgehead atoms. The van der Waals surface area contributed by atoms with E-state index >= 15 is 0 Å². The zero-order valence-electron chi connectivity index (χ0n) is 14.0. The highest BCUT2D eigenvalue weighted by Gasteiger charge is 2.60. The van der Waals surface area contributed by atoms with E-state index in [9.17, 15) is 9.59 Å². The van der Waals surface area contributed by atoms with Crippen molar-refractivity contribution in [2.75, 3.05) is 0 Å². The number of hydrogen-bond donors (Lipinski definition) is 1. The van der Waals surface area contributed by atoms with Crippen molar-refractivity contribution in [1.82, 2.24) is 5.32 Å². The molecule has 126 valence electrons. The predicted octanol–water partition coefficient (Wildman–Crippen LogP) is 3.67. The Morgan fingerprint density at radius 1 is 1.17 bits per heavy atom. The van der Waals surface area contributed by atoms with Gasteiger partial charge in [0.15, 0.2) is 0 Å². The highest BCUT2D eigenvalue weighted by Crippen LogP contribution is 2.65. The summed E-state index contributed by atoms with van der Waals surface area (Å²) in [7, 11) is 0. The smallest absolute Gasteiger partial charge is 0.243 e. The van der Waals surface area contributed by atoms with Crippen molar-refractivity contribution in [2.45, 2.75) is 58.4 Å². The summed E-state index contributed by atoms with van der Waals surface area (Å²) in [5.74, 6) is 1.98. The molecular formula is C19H26ClNO2. The number of carbonyl (C=O) groups excluding carboxylic acids is 2. The van der Waals surface area contributed by atoms with Gasteiger partial charge in [0.05, 0.1) is 0 Å². The molecule has 7 atom stereocenters. The molecule has 3 aliphatic carbocycles. The van der Waals surface area contributed by atoms with E-state index in [4.69, 9.17) is 11.6 Å². The third-order valence-electron chi connectivity index (χ3n) is 7.96. The summed E-state index contributed by atoms with van der Waals surface area (Å²) >= 11 is 5.93. The third-order valence-corrected chi connectivity index (χ3v) is 8.22. The minimum atomic E-state index is -0.127. The Balaban J connectivity index is 1.66. The Hall–Kier alpha value is -0.830. The molecule has 1 amide bonds. The third kappa shape index (κ3) is 2.08. The van der Waals surface area contributed by atoms with Gasteiger partial charge in [-0.25, -0.2) is 0 Å². The summed E-state index contributed by atoms with van der Waals surface area (Å²) in [6.07, 6.45) is 10.5. The van der Waals surface area contributed by atoms with Crippen LogP contribution in [0.4, 0.5) is 0 Å². The van der Waals surface area contributed by atoms with Crippen molar-refractivity contribution in [2.24, 2.45) is 34.5 Å². The fraction of sp³-hybridized carbons (Fsp3) is 0.789. The summed E-state index contributed by atoms with van der Waals surface area (Å²) in [5.41, 5.74) is 0.159. The number of amides is 1. The first-order valence-electron chi connectivity index (χ1n) is 9.05. The summed E-state index contributed by atoms with van der Waals surface area (Å²) in [6, 6.07) is 0.275. The van der Waals surface area contributed by atoms with Crippen LogP contribution in [0.2, 0.25) is 0 Å². The van der Waals surface area contributed by atoms with Gasteiger partial charge in [-0.05, 0) is 79.4 Å². The van der Waals surface area contributed by atoms with Crippen molar-refractivity contribution in [3.8, 4) is 0 Å². The van der Waals surface area contributed by atoms with E-state index in [1.54, 1.807) is 6.08 Å². The molecule has 4 unspecified atom stereocenters. The maximum absolute atomic E-state index is 11.9. The maximum Gasteiger partial charge on any atom is 0.243 e. The lowest BCUT2D eigenvalue weighted by molar-refractivity contribution is -0.126. The molecule has 0 radical (unpaired) electrons. The van der Waals surface area contributed by atoms with E-state index in [1.165, 1.54) is 6.42 Å². The minimum absolute atomic E-state index is 0.0437. The summed E-state index contributed by atoms with van der Waals surface area (Å²) in [6.45, 7) is 4.63. The first kappa shape index (κ1) is 15.7. The van der Waals surface area contributed by atoms with Gasteiger partial charge in [0, 0.05) is 17.4 Å². The lowest BCUT2D eigenvalue weighted by atomic mass is 9.48. The largest absolute Gasteiger partial charge is 0.349 e. The maximum atomic E-state index is 11.9. The van der Waals surface area contributed by atoms with Gasteiger partial charge in [0.1, 0.15) is 0 Å².